The Bertz CT molecular complexity index is 454. The number of hydrogen-bond donors (Lipinski definition) is 2. The molecule has 0 aliphatic carbocycles. The van der Waals surface area contributed by atoms with Gasteiger partial charge < -0.3 is 10.6 Å². The highest BCUT2D eigenvalue weighted by Crippen LogP contribution is 2.28. The second-order valence-corrected chi connectivity index (χ2v) is 3.56. The SMILES string of the molecule is O=C1NC(C(F)(F)F)=C[C@@H](c2ccccc2)N1. The number of carbonyl (C=O) groups is 1. The minimum atomic E-state index is -4.55. The van der Waals surface area contributed by atoms with Crippen molar-refractivity contribution >= 4 is 6.03 Å². The van der Waals surface area contributed by atoms with Crippen molar-refractivity contribution in [3.63, 3.8) is 0 Å². The molecule has 0 saturated heterocycles. The maximum Gasteiger partial charge on any atom is 0.431 e. The topological polar surface area (TPSA) is 41.1 Å². The highest BCUT2D eigenvalue weighted by atomic mass is 19.4. The molecule has 0 fully saturated rings. The Hall–Kier alpha value is -1.98. The monoisotopic (exact) mass is 242 g/mol. The van der Waals surface area contributed by atoms with E-state index in [4.69, 9.17) is 0 Å². The second kappa shape index (κ2) is 4.12. The van der Waals surface area contributed by atoms with Crippen molar-refractivity contribution in [2.45, 2.75) is 12.2 Å². The zero-order valence-electron chi connectivity index (χ0n) is 8.58. The minimum absolute atomic E-state index is 0.601. The number of allylic oxidation sites excluding steroid dienone is 1. The van der Waals surface area contributed by atoms with Crippen LogP contribution < -0.4 is 10.6 Å². The van der Waals surface area contributed by atoms with Crippen LogP contribution in [0.4, 0.5) is 18.0 Å². The van der Waals surface area contributed by atoms with Crippen LogP contribution >= 0.6 is 0 Å². The Morgan fingerprint density at radius 1 is 1.12 bits per heavy atom. The van der Waals surface area contributed by atoms with Crippen molar-refractivity contribution in [1.29, 1.82) is 0 Å². The van der Waals surface area contributed by atoms with Crippen molar-refractivity contribution in [3.8, 4) is 0 Å². The molecule has 0 aromatic heterocycles. The highest BCUT2D eigenvalue weighted by molar-refractivity contribution is 5.78. The number of rotatable bonds is 1. The zero-order valence-corrected chi connectivity index (χ0v) is 8.58. The molecule has 0 spiro atoms. The number of hydrogen-bond acceptors (Lipinski definition) is 1. The molecule has 2 amide bonds. The van der Waals surface area contributed by atoms with Gasteiger partial charge in [0.2, 0.25) is 0 Å². The van der Waals surface area contributed by atoms with Gasteiger partial charge in [0.15, 0.2) is 0 Å². The molecule has 1 aromatic rings. The molecule has 3 nitrogen and oxygen atoms in total. The van der Waals surface area contributed by atoms with Gasteiger partial charge in [-0.15, -0.1) is 0 Å². The predicted octanol–water partition coefficient (Wildman–Crippen LogP) is 2.49. The standard InChI is InChI=1S/C11H9F3N2O/c12-11(13,14)9-6-8(15-10(17)16-9)7-4-2-1-3-5-7/h1-6,8H,(H2,15,16,17)/t8-/m0/s1. The fourth-order valence-electron chi connectivity index (χ4n) is 1.55. The predicted molar refractivity (Wildman–Crippen MR) is 55.0 cm³/mol. The summed E-state index contributed by atoms with van der Waals surface area (Å²) in [6, 6.07) is 6.84. The van der Waals surface area contributed by atoms with Gasteiger partial charge in [0.1, 0.15) is 5.70 Å². The smallest absolute Gasteiger partial charge is 0.327 e. The van der Waals surface area contributed by atoms with Gasteiger partial charge in [-0.25, -0.2) is 4.79 Å². The maximum absolute atomic E-state index is 12.5. The number of carbonyl (C=O) groups excluding carboxylic acids is 1. The molecular weight excluding hydrogens is 233 g/mol. The van der Waals surface area contributed by atoms with Gasteiger partial charge in [0.05, 0.1) is 6.04 Å². The molecule has 0 radical (unpaired) electrons. The summed E-state index contributed by atoms with van der Waals surface area (Å²) in [5, 5.41) is 4.15. The lowest BCUT2D eigenvalue weighted by molar-refractivity contribution is -0.0964. The largest absolute Gasteiger partial charge is 0.431 e. The Labute approximate surface area is 95.3 Å². The van der Waals surface area contributed by atoms with Crippen molar-refractivity contribution in [2.24, 2.45) is 0 Å². The van der Waals surface area contributed by atoms with E-state index in [0.717, 1.165) is 6.08 Å². The van der Waals surface area contributed by atoms with E-state index in [1.807, 2.05) is 0 Å². The first-order valence-electron chi connectivity index (χ1n) is 4.88. The molecular formula is C11H9F3N2O. The summed E-state index contributed by atoms with van der Waals surface area (Å²) >= 11 is 0. The van der Waals surface area contributed by atoms with Crippen LogP contribution in [-0.4, -0.2) is 12.2 Å². The van der Waals surface area contributed by atoms with Crippen molar-refractivity contribution < 1.29 is 18.0 Å². The normalized spacial score (nSPS) is 20.3. The molecule has 1 heterocycles. The van der Waals surface area contributed by atoms with Crippen LogP contribution in [0.1, 0.15) is 11.6 Å². The van der Waals surface area contributed by atoms with E-state index in [1.54, 1.807) is 35.6 Å². The van der Waals surface area contributed by atoms with Gasteiger partial charge in [-0.2, -0.15) is 13.2 Å². The summed E-state index contributed by atoms with van der Waals surface area (Å²) < 4.78 is 37.5. The first-order valence-corrected chi connectivity index (χ1v) is 4.88. The van der Waals surface area contributed by atoms with E-state index in [1.165, 1.54) is 0 Å². The van der Waals surface area contributed by atoms with E-state index in [9.17, 15) is 18.0 Å². The molecule has 1 aliphatic heterocycles. The quantitative estimate of drug-likeness (QED) is 0.780. The number of amides is 2. The summed E-state index contributed by atoms with van der Waals surface area (Å²) in [6.07, 6.45) is -3.60. The highest BCUT2D eigenvalue weighted by Gasteiger charge is 2.38. The van der Waals surface area contributed by atoms with Gasteiger partial charge in [0, 0.05) is 0 Å². The summed E-state index contributed by atoms with van der Waals surface area (Å²) in [7, 11) is 0. The van der Waals surface area contributed by atoms with Crippen molar-refractivity contribution in [1.82, 2.24) is 10.6 Å². The summed E-state index contributed by atoms with van der Waals surface area (Å²) in [5.74, 6) is 0. The van der Waals surface area contributed by atoms with Gasteiger partial charge in [-0.05, 0) is 11.6 Å². The average molecular weight is 242 g/mol. The lowest BCUT2D eigenvalue weighted by atomic mass is 10.0. The van der Waals surface area contributed by atoms with Crippen LogP contribution in [0, 0.1) is 0 Å². The van der Waals surface area contributed by atoms with Crippen molar-refractivity contribution in [2.75, 3.05) is 0 Å². The zero-order chi connectivity index (χ0) is 12.5. The van der Waals surface area contributed by atoms with E-state index >= 15 is 0 Å². The van der Waals surface area contributed by atoms with Gasteiger partial charge in [-0.1, -0.05) is 30.3 Å². The third-order valence-electron chi connectivity index (χ3n) is 2.33. The molecule has 17 heavy (non-hydrogen) atoms. The Morgan fingerprint density at radius 2 is 1.76 bits per heavy atom. The molecule has 90 valence electrons. The maximum atomic E-state index is 12.5. The molecule has 0 bridgehead atoms. The number of benzene rings is 1. The number of nitrogens with one attached hydrogen (secondary N) is 2. The van der Waals surface area contributed by atoms with Gasteiger partial charge in [-0.3, -0.25) is 0 Å². The fraction of sp³-hybridized carbons (Fsp3) is 0.182. The number of alkyl halides is 3. The second-order valence-electron chi connectivity index (χ2n) is 3.56. The van der Waals surface area contributed by atoms with Crippen LogP contribution in [0.3, 0.4) is 0 Å². The molecule has 1 aliphatic rings. The Morgan fingerprint density at radius 3 is 2.35 bits per heavy atom. The molecule has 1 atom stereocenters. The molecule has 2 N–H and O–H groups in total. The van der Waals surface area contributed by atoms with Crippen LogP contribution in [0.2, 0.25) is 0 Å². The number of urea groups is 1. The first-order chi connectivity index (χ1) is 7.97. The lowest BCUT2D eigenvalue weighted by Gasteiger charge is -2.24. The fourth-order valence-corrected chi connectivity index (χ4v) is 1.55. The van der Waals surface area contributed by atoms with E-state index < -0.39 is 23.9 Å². The first kappa shape index (κ1) is 11.5. The summed E-state index contributed by atoms with van der Waals surface area (Å²) in [4.78, 5) is 11.1. The van der Waals surface area contributed by atoms with Crippen LogP contribution in [0.5, 0.6) is 0 Å². The van der Waals surface area contributed by atoms with Crippen molar-refractivity contribution in [3.05, 3.63) is 47.7 Å². The third kappa shape index (κ3) is 2.58. The van der Waals surface area contributed by atoms with Crippen LogP contribution in [0.15, 0.2) is 42.1 Å². The number of halogens is 3. The molecule has 0 saturated carbocycles. The molecule has 6 heteroatoms. The van der Waals surface area contributed by atoms with E-state index in [2.05, 4.69) is 5.32 Å². The lowest BCUT2D eigenvalue weighted by Crippen LogP contribution is -2.45. The third-order valence-corrected chi connectivity index (χ3v) is 2.33. The van der Waals surface area contributed by atoms with Gasteiger partial charge >= 0.3 is 12.2 Å². The Kier molecular flexibility index (Phi) is 2.79. The average Bonchev–Trinajstić information content (AvgIpc) is 2.28. The Balaban J connectivity index is 2.33. The minimum Gasteiger partial charge on any atom is -0.327 e. The van der Waals surface area contributed by atoms with E-state index in [0.29, 0.717) is 5.56 Å². The van der Waals surface area contributed by atoms with Gasteiger partial charge in [0.25, 0.3) is 0 Å². The summed E-state index contributed by atoms with van der Waals surface area (Å²) in [6.45, 7) is 0. The molecule has 2 rings (SSSR count). The van der Waals surface area contributed by atoms with Crippen LogP contribution in [-0.2, 0) is 0 Å². The molecule has 0 unspecified atom stereocenters. The molecule has 1 aromatic carbocycles. The van der Waals surface area contributed by atoms with E-state index in [-0.39, 0.29) is 0 Å². The van der Waals surface area contributed by atoms with Crippen LogP contribution in [0.25, 0.3) is 0 Å². The summed E-state index contributed by atoms with van der Waals surface area (Å²) in [5.41, 5.74) is -0.431.